The molecule has 0 radical (unpaired) electrons. The number of ketones is 2. The molecule has 36 heavy (non-hydrogen) atoms. The highest BCUT2D eigenvalue weighted by molar-refractivity contribution is 7.86. The van der Waals surface area contributed by atoms with Gasteiger partial charge in [-0.25, -0.2) is 0 Å². The lowest BCUT2D eigenvalue weighted by Gasteiger charge is -2.25. The molecule has 0 fully saturated rings. The highest BCUT2D eigenvalue weighted by Gasteiger charge is 2.39. The molecule has 4 rings (SSSR count). The Hall–Kier alpha value is -4.11. The lowest BCUT2D eigenvalue weighted by molar-refractivity contribution is -0.114. The highest BCUT2D eigenvalue weighted by Crippen LogP contribution is 2.42. The maximum Gasteiger partial charge on any atom is 0.296 e. The van der Waals surface area contributed by atoms with Gasteiger partial charge in [0.05, 0.1) is 22.4 Å². The summed E-state index contributed by atoms with van der Waals surface area (Å²) in [5.41, 5.74) is 3.48. The third kappa shape index (κ3) is 4.33. The van der Waals surface area contributed by atoms with E-state index in [1.165, 1.54) is 31.2 Å². The molecule has 0 saturated carbocycles. The van der Waals surface area contributed by atoms with Gasteiger partial charge in [0.25, 0.3) is 20.2 Å². The summed E-state index contributed by atoms with van der Waals surface area (Å²) < 4.78 is 67.5. The van der Waals surface area contributed by atoms with Crippen molar-refractivity contribution in [3.8, 4) is 0 Å². The molecule has 0 bridgehead atoms. The van der Waals surface area contributed by atoms with E-state index >= 15 is 0 Å². The van der Waals surface area contributed by atoms with E-state index < -0.39 is 75.2 Å². The topological polar surface area (TPSA) is 210 Å². The van der Waals surface area contributed by atoms with Gasteiger partial charge in [0, 0.05) is 29.5 Å². The van der Waals surface area contributed by atoms with E-state index in [0.717, 1.165) is 24.3 Å². The van der Waals surface area contributed by atoms with Crippen LogP contribution >= 0.6 is 0 Å². The molecule has 0 saturated heterocycles. The van der Waals surface area contributed by atoms with E-state index in [-0.39, 0.29) is 11.6 Å². The molecule has 1 amide bonds. The molecule has 1 aliphatic carbocycles. The van der Waals surface area contributed by atoms with Gasteiger partial charge in [-0.05, 0) is 36.4 Å². The number of benzene rings is 3. The Morgan fingerprint density at radius 2 is 1.39 bits per heavy atom. The fraction of sp³-hybridized carbons (Fsp3) is 0.0455. The van der Waals surface area contributed by atoms with E-state index in [1.807, 2.05) is 0 Å². The largest absolute Gasteiger partial charge is 0.398 e. The molecule has 3 aromatic rings. The van der Waals surface area contributed by atoms with Crippen LogP contribution < -0.4 is 16.4 Å². The molecule has 0 spiro atoms. The van der Waals surface area contributed by atoms with Crippen molar-refractivity contribution in [2.75, 3.05) is 16.4 Å². The number of carbonyl (C=O) groups excluding carboxylic acids is 3. The van der Waals surface area contributed by atoms with Crippen LogP contribution in [-0.2, 0) is 25.0 Å². The molecule has 6 N–H and O–H groups in total. The number of anilines is 4. The maximum atomic E-state index is 13.5. The summed E-state index contributed by atoms with van der Waals surface area (Å²) >= 11 is 0. The number of nitrogen functional groups attached to an aromatic ring is 1. The first-order chi connectivity index (χ1) is 16.7. The first kappa shape index (κ1) is 25.0. The van der Waals surface area contributed by atoms with Gasteiger partial charge in [0.2, 0.25) is 5.91 Å². The van der Waals surface area contributed by atoms with E-state index in [4.69, 9.17) is 5.73 Å². The number of carbonyl (C=O) groups is 3. The second-order valence-corrected chi connectivity index (χ2v) is 10.5. The Labute approximate surface area is 204 Å². The summed E-state index contributed by atoms with van der Waals surface area (Å²) in [6, 6.07) is 9.76. The van der Waals surface area contributed by atoms with E-state index in [9.17, 15) is 40.3 Å². The van der Waals surface area contributed by atoms with Gasteiger partial charge in [-0.3, -0.25) is 23.5 Å². The van der Waals surface area contributed by atoms with Crippen LogP contribution in [0, 0.1) is 0 Å². The van der Waals surface area contributed by atoms with Crippen LogP contribution in [0.15, 0.2) is 58.3 Å². The number of amides is 1. The predicted molar refractivity (Wildman–Crippen MR) is 128 cm³/mol. The Bertz CT molecular complexity index is 1700. The quantitative estimate of drug-likeness (QED) is 0.186. The van der Waals surface area contributed by atoms with Gasteiger partial charge in [-0.2, -0.15) is 16.8 Å². The standard InChI is InChI=1S/C22H17N3O9S2/c1-10(26)24-11-5-7-12(8-6-11)25-20-16(36(32,33)34)9-14(23)18-19(20)21(27)13-3-2-4-15(35(29,30)31)17(13)22(18)28/h2-9,25H,23H2,1H3,(H,24,26)(H,29,30,31)(H,32,33,34). The van der Waals surface area contributed by atoms with Crippen LogP contribution in [0.4, 0.5) is 22.7 Å². The van der Waals surface area contributed by atoms with Gasteiger partial charge >= 0.3 is 0 Å². The lowest BCUT2D eigenvalue weighted by Crippen LogP contribution is -2.27. The van der Waals surface area contributed by atoms with Crippen LogP contribution in [0.2, 0.25) is 0 Å². The molecule has 0 aliphatic heterocycles. The van der Waals surface area contributed by atoms with Crippen molar-refractivity contribution in [3.63, 3.8) is 0 Å². The SMILES string of the molecule is CC(=O)Nc1ccc(Nc2c(S(=O)(=O)O)cc(N)c3c2C(=O)c2cccc(S(=O)(=O)O)c2C3=O)cc1. The Morgan fingerprint density at radius 3 is 1.94 bits per heavy atom. The fourth-order valence-electron chi connectivity index (χ4n) is 3.89. The number of hydrogen-bond acceptors (Lipinski definition) is 9. The van der Waals surface area contributed by atoms with Crippen LogP contribution in [0.25, 0.3) is 0 Å². The zero-order valence-corrected chi connectivity index (χ0v) is 19.9. The summed E-state index contributed by atoms with van der Waals surface area (Å²) in [6.45, 7) is 1.30. The molecule has 186 valence electrons. The zero-order chi connectivity index (χ0) is 26.6. The van der Waals surface area contributed by atoms with Crippen LogP contribution in [-0.4, -0.2) is 43.4 Å². The minimum Gasteiger partial charge on any atom is -0.398 e. The average molecular weight is 532 g/mol. The van der Waals surface area contributed by atoms with Gasteiger partial charge in [0.15, 0.2) is 11.6 Å². The van der Waals surface area contributed by atoms with Crippen molar-refractivity contribution in [2.24, 2.45) is 0 Å². The summed E-state index contributed by atoms with van der Waals surface area (Å²) in [4.78, 5) is 36.5. The van der Waals surface area contributed by atoms with Crippen molar-refractivity contribution in [1.82, 2.24) is 0 Å². The monoisotopic (exact) mass is 531 g/mol. The molecule has 0 aromatic heterocycles. The van der Waals surface area contributed by atoms with E-state index in [1.54, 1.807) is 0 Å². The molecular formula is C22H17N3O9S2. The minimum atomic E-state index is -4.98. The van der Waals surface area contributed by atoms with Gasteiger partial charge in [-0.15, -0.1) is 0 Å². The van der Waals surface area contributed by atoms with Crippen molar-refractivity contribution >= 4 is 60.5 Å². The highest BCUT2D eigenvalue weighted by atomic mass is 32.2. The van der Waals surface area contributed by atoms with Crippen molar-refractivity contribution < 1.29 is 40.3 Å². The third-order valence-electron chi connectivity index (χ3n) is 5.30. The molecule has 1 aliphatic rings. The van der Waals surface area contributed by atoms with E-state index in [2.05, 4.69) is 10.6 Å². The molecule has 0 heterocycles. The summed E-state index contributed by atoms with van der Waals surface area (Å²) in [5, 5.41) is 5.24. The van der Waals surface area contributed by atoms with Gasteiger partial charge in [-0.1, -0.05) is 12.1 Å². The van der Waals surface area contributed by atoms with Crippen molar-refractivity contribution in [1.29, 1.82) is 0 Å². The summed E-state index contributed by atoms with van der Waals surface area (Å²) in [6.07, 6.45) is 0. The zero-order valence-electron chi connectivity index (χ0n) is 18.3. The smallest absolute Gasteiger partial charge is 0.296 e. The minimum absolute atomic E-state index is 0.207. The van der Waals surface area contributed by atoms with Crippen molar-refractivity contribution in [3.05, 3.63) is 70.8 Å². The summed E-state index contributed by atoms with van der Waals surface area (Å²) in [7, 11) is -9.90. The van der Waals surface area contributed by atoms with Gasteiger partial charge < -0.3 is 16.4 Å². The van der Waals surface area contributed by atoms with Gasteiger partial charge in [0.1, 0.15) is 9.79 Å². The molecule has 12 nitrogen and oxygen atoms in total. The fourth-order valence-corrected chi connectivity index (χ4v) is 5.29. The number of nitrogens with two attached hydrogens (primary N) is 1. The number of rotatable bonds is 5. The Morgan fingerprint density at radius 1 is 0.806 bits per heavy atom. The van der Waals surface area contributed by atoms with Crippen LogP contribution in [0.3, 0.4) is 0 Å². The second-order valence-electron chi connectivity index (χ2n) is 7.76. The molecule has 14 heteroatoms. The molecule has 3 aromatic carbocycles. The second kappa shape index (κ2) is 8.53. The first-order valence-electron chi connectivity index (χ1n) is 9.98. The van der Waals surface area contributed by atoms with Crippen molar-refractivity contribution in [2.45, 2.75) is 16.7 Å². The predicted octanol–water partition coefficient (Wildman–Crippen LogP) is 2.24. The number of nitrogens with one attached hydrogen (secondary N) is 2. The normalized spacial score (nSPS) is 13.1. The Kier molecular flexibility index (Phi) is 5.92. The maximum absolute atomic E-state index is 13.5. The first-order valence-corrected chi connectivity index (χ1v) is 12.9. The third-order valence-corrected chi connectivity index (χ3v) is 7.08. The Balaban J connectivity index is 1.98. The number of fused-ring (bicyclic) bond motifs is 2. The molecular weight excluding hydrogens is 514 g/mol. The number of hydrogen-bond donors (Lipinski definition) is 5. The van der Waals surface area contributed by atoms with Crippen LogP contribution in [0.5, 0.6) is 0 Å². The summed E-state index contributed by atoms with van der Waals surface area (Å²) in [5.74, 6) is -2.35. The average Bonchev–Trinajstić information content (AvgIpc) is 2.77. The lowest BCUT2D eigenvalue weighted by atomic mass is 9.82. The molecule has 0 unspecified atom stereocenters. The molecule has 0 atom stereocenters. The van der Waals surface area contributed by atoms with Crippen LogP contribution in [0.1, 0.15) is 38.8 Å². The van der Waals surface area contributed by atoms with E-state index in [0.29, 0.717) is 5.69 Å².